The molecule has 22 heavy (non-hydrogen) atoms. The van der Waals surface area contributed by atoms with E-state index in [2.05, 4.69) is 0 Å². The van der Waals surface area contributed by atoms with Crippen LogP contribution in [-0.2, 0) is 20.8 Å². The van der Waals surface area contributed by atoms with Crippen LogP contribution in [0.15, 0.2) is 24.3 Å². The van der Waals surface area contributed by atoms with Crippen LogP contribution in [0.2, 0.25) is 0 Å². The molecule has 6 nitrogen and oxygen atoms in total. The van der Waals surface area contributed by atoms with E-state index in [1.165, 1.54) is 0 Å². The second-order valence-electron chi connectivity index (χ2n) is 5.62. The monoisotopic (exact) mass is 301 g/mol. The first-order valence-electron chi connectivity index (χ1n) is 7.59. The summed E-state index contributed by atoms with van der Waals surface area (Å²) >= 11 is 0. The van der Waals surface area contributed by atoms with Crippen LogP contribution < -0.4 is 4.90 Å². The Kier molecular flexibility index (Phi) is 4.09. The quantitative estimate of drug-likeness (QED) is 0.552. The normalized spacial score (nSPS) is 17.9. The van der Waals surface area contributed by atoms with Gasteiger partial charge in [-0.1, -0.05) is 18.2 Å². The summed E-state index contributed by atoms with van der Waals surface area (Å²) in [5.74, 6) is -0.936. The lowest BCUT2D eigenvalue weighted by atomic mass is 10.0. The number of para-hydroxylation sites is 1. The third-order valence-electron chi connectivity index (χ3n) is 4.29. The lowest BCUT2D eigenvalue weighted by Crippen LogP contribution is -2.53. The first kappa shape index (κ1) is 14.6. The number of fused-ring (bicyclic) bond motifs is 1. The Labute approximate surface area is 129 Å². The zero-order chi connectivity index (χ0) is 15.5. The molecule has 0 atom stereocenters. The van der Waals surface area contributed by atoms with Gasteiger partial charge in [-0.15, -0.1) is 0 Å². The van der Waals surface area contributed by atoms with E-state index in [0.29, 0.717) is 32.7 Å². The molecule has 1 aromatic carbocycles. The van der Waals surface area contributed by atoms with Gasteiger partial charge >= 0.3 is 11.8 Å². The minimum absolute atomic E-state index is 0.415. The molecule has 0 saturated carbocycles. The molecule has 6 heteroatoms. The molecular formula is C16H19N3O3. The lowest BCUT2D eigenvalue weighted by Gasteiger charge is -2.34. The number of anilines is 1. The molecule has 0 radical (unpaired) electrons. The minimum atomic E-state index is -0.470. The van der Waals surface area contributed by atoms with Crippen molar-refractivity contribution in [2.45, 2.75) is 12.8 Å². The molecule has 0 unspecified atom stereocenters. The highest BCUT2D eigenvalue weighted by atomic mass is 16.2. The molecule has 0 bridgehead atoms. The van der Waals surface area contributed by atoms with Crippen molar-refractivity contribution >= 4 is 23.9 Å². The van der Waals surface area contributed by atoms with E-state index in [1.807, 2.05) is 24.3 Å². The van der Waals surface area contributed by atoms with Crippen molar-refractivity contribution in [1.29, 1.82) is 0 Å². The summed E-state index contributed by atoms with van der Waals surface area (Å²) in [6.45, 7) is 2.38. The van der Waals surface area contributed by atoms with Gasteiger partial charge in [-0.2, -0.15) is 0 Å². The Morgan fingerprint density at radius 3 is 2.41 bits per heavy atom. The van der Waals surface area contributed by atoms with Crippen LogP contribution in [0, 0.1) is 0 Å². The lowest BCUT2D eigenvalue weighted by molar-refractivity contribution is -0.146. The van der Waals surface area contributed by atoms with Crippen molar-refractivity contribution in [3.63, 3.8) is 0 Å². The fraction of sp³-hybridized carbons (Fsp3) is 0.438. The Bertz CT molecular complexity index is 594. The summed E-state index contributed by atoms with van der Waals surface area (Å²) in [7, 11) is 0. The van der Waals surface area contributed by atoms with Crippen LogP contribution in [-0.4, -0.2) is 60.7 Å². The minimum Gasteiger partial charge on any atom is -0.342 e. The van der Waals surface area contributed by atoms with Crippen molar-refractivity contribution in [2.24, 2.45) is 0 Å². The average molecular weight is 301 g/mol. The molecule has 116 valence electrons. The predicted molar refractivity (Wildman–Crippen MR) is 81.3 cm³/mol. The van der Waals surface area contributed by atoms with Gasteiger partial charge in [0, 0.05) is 38.4 Å². The van der Waals surface area contributed by atoms with E-state index >= 15 is 0 Å². The number of carbonyl (C=O) groups excluding carboxylic acids is 3. The van der Waals surface area contributed by atoms with Crippen molar-refractivity contribution in [2.75, 3.05) is 37.6 Å². The third kappa shape index (κ3) is 2.68. The highest BCUT2D eigenvalue weighted by molar-refractivity contribution is 6.40. The van der Waals surface area contributed by atoms with E-state index in [9.17, 15) is 14.4 Å². The van der Waals surface area contributed by atoms with Gasteiger partial charge in [-0.05, 0) is 24.5 Å². The molecule has 1 fully saturated rings. The van der Waals surface area contributed by atoms with E-state index in [4.69, 9.17) is 0 Å². The maximum Gasteiger partial charge on any atom is 0.316 e. The number of piperazine rings is 1. The smallest absolute Gasteiger partial charge is 0.316 e. The van der Waals surface area contributed by atoms with Gasteiger partial charge in [-0.3, -0.25) is 14.4 Å². The second-order valence-corrected chi connectivity index (χ2v) is 5.62. The molecule has 3 amide bonds. The predicted octanol–water partition coefficient (Wildman–Crippen LogP) is 0.266. The molecule has 0 spiro atoms. The summed E-state index contributed by atoms with van der Waals surface area (Å²) < 4.78 is 0. The number of aryl methyl sites for hydroxylation is 1. The number of rotatable bonds is 1. The summed E-state index contributed by atoms with van der Waals surface area (Å²) in [4.78, 5) is 40.4. The first-order valence-corrected chi connectivity index (χ1v) is 7.59. The number of hydrogen-bond donors (Lipinski definition) is 0. The van der Waals surface area contributed by atoms with Crippen LogP contribution in [0.3, 0.4) is 0 Å². The van der Waals surface area contributed by atoms with E-state index < -0.39 is 11.8 Å². The number of hydrogen-bond acceptors (Lipinski definition) is 3. The summed E-state index contributed by atoms with van der Waals surface area (Å²) in [5.41, 5.74) is 1.96. The Morgan fingerprint density at radius 2 is 1.68 bits per heavy atom. The molecule has 0 N–H and O–H groups in total. The van der Waals surface area contributed by atoms with Gasteiger partial charge < -0.3 is 14.7 Å². The summed E-state index contributed by atoms with van der Waals surface area (Å²) in [6, 6.07) is 7.73. The molecule has 1 aromatic rings. The Morgan fingerprint density at radius 1 is 0.955 bits per heavy atom. The third-order valence-corrected chi connectivity index (χ3v) is 4.29. The maximum atomic E-state index is 12.6. The first-order chi connectivity index (χ1) is 10.7. The molecule has 0 aromatic heterocycles. The average Bonchev–Trinajstić information content (AvgIpc) is 2.60. The number of nitrogens with zero attached hydrogens (tertiary/aromatic N) is 3. The van der Waals surface area contributed by atoms with Crippen LogP contribution in [0.1, 0.15) is 12.0 Å². The van der Waals surface area contributed by atoms with Gasteiger partial charge in [0.25, 0.3) is 0 Å². The zero-order valence-electron chi connectivity index (χ0n) is 12.4. The fourth-order valence-electron chi connectivity index (χ4n) is 3.03. The van der Waals surface area contributed by atoms with Gasteiger partial charge in [0.15, 0.2) is 0 Å². The standard InChI is InChI=1S/C16H19N3O3/c20-12-17-8-10-18(11-9-17)15(21)16(22)19-7-3-5-13-4-1-2-6-14(13)19/h1-2,4,6,12H,3,5,7-11H2. The van der Waals surface area contributed by atoms with Crippen LogP contribution in [0.25, 0.3) is 0 Å². The Balaban J connectivity index is 1.72. The number of benzene rings is 1. The fourth-order valence-corrected chi connectivity index (χ4v) is 3.03. The van der Waals surface area contributed by atoms with Crippen LogP contribution >= 0.6 is 0 Å². The number of amides is 3. The van der Waals surface area contributed by atoms with E-state index in [1.54, 1.807) is 14.7 Å². The summed E-state index contributed by atoms with van der Waals surface area (Å²) in [5, 5.41) is 0. The highest BCUT2D eigenvalue weighted by Gasteiger charge is 2.31. The molecule has 1 saturated heterocycles. The van der Waals surface area contributed by atoms with Crippen molar-refractivity contribution in [3.8, 4) is 0 Å². The van der Waals surface area contributed by atoms with E-state index in [0.717, 1.165) is 30.5 Å². The number of carbonyl (C=O) groups is 3. The molecule has 2 aliphatic heterocycles. The molecule has 2 aliphatic rings. The SMILES string of the molecule is O=CN1CCN(C(=O)C(=O)N2CCCc3ccccc32)CC1. The van der Waals surface area contributed by atoms with Gasteiger partial charge in [0.1, 0.15) is 0 Å². The molecular weight excluding hydrogens is 282 g/mol. The van der Waals surface area contributed by atoms with Crippen LogP contribution in [0.4, 0.5) is 5.69 Å². The van der Waals surface area contributed by atoms with Crippen molar-refractivity contribution in [1.82, 2.24) is 9.80 Å². The maximum absolute atomic E-state index is 12.6. The van der Waals surface area contributed by atoms with Gasteiger partial charge in [0.2, 0.25) is 6.41 Å². The van der Waals surface area contributed by atoms with Crippen molar-refractivity contribution < 1.29 is 14.4 Å². The van der Waals surface area contributed by atoms with Crippen molar-refractivity contribution in [3.05, 3.63) is 29.8 Å². The molecule has 0 aliphatic carbocycles. The van der Waals surface area contributed by atoms with Gasteiger partial charge in [0.05, 0.1) is 0 Å². The second kappa shape index (κ2) is 6.17. The topological polar surface area (TPSA) is 60.9 Å². The zero-order valence-corrected chi connectivity index (χ0v) is 12.4. The molecule has 3 rings (SSSR count). The molecule has 2 heterocycles. The highest BCUT2D eigenvalue weighted by Crippen LogP contribution is 2.27. The summed E-state index contributed by atoms with van der Waals surface area (Å²) in [6.07, 6.45) is 2.59. The largest absolute Gasteiger partial charge is 0.342 e. The van der Waals surface area contributed by atoms with E-state index in [-0.39, 0.29) is 0 Å². The van der Waals surface area contributed by atoms with Crippen LogP contribution in [0.5, 0.6) is 0 Å². The Hall–Kier alpha value is -2.37. The van der Waals surface area contributed by atoms with Gasteiger partial charge in [-0.25, -0.2) is 0 Å².